The van der Waals surface area contributed by atoms with E-state index in [-0.39, 0.29) is 11.3 Å². The van der Waals surface area contributed by atoms with Gasteiger partial charge in [-0.15, -0.1) is 0 Å². The molecule has 0 aromatic heterocycles. The van der Waals surface area contributed by atoms with Crippen LogP contribution in [0.4, 0.5) is 0 Å². The van der Waals surface area contributed by atoms with Crippen LogP contribution in [0.5, 0.6) is 0 Å². The third kappa shape index (κ3) is 1.97. The van der Waals surface area contributed by atoms with Crippen molar-refractivity contribution in [3.05, 3.63) is 34.3 Å². The molecule has 1 unspecified atom stereocenters. The normalized spacial score (nSPS) is 25.0. The van der Waals surface area contributed by atoms with Crippen LogP contribution in [-0.4, -0.2) is 11.1 Å². The van der Waals surface area contributed by atoms with Crippen LogP contribution in [0, 0.1) is 5.92 Å². The average molecular weight is 279 g/mol. The molecule has 2 aliphatic carbocycles. The van der Waals surface area contributed by atoms with Crippen LogP contribution in [0.3, 0.4) is 0 Å². The van der Waals surface area contributed by atoms with Crippen molar-refractivity contribution >= 4 is 17.6 Å². The van der Waals surface area contributed by atoms with Crippen molar-refractivity contribution in [3.8, 4) is 0 Å². The van der Waals surface area contributed by atoms with Crippen LogP contribution in [0.25, 0.3) is 0 Å². The highest BCUT2D eigenvalue weighted by Crippen LogP contribution is 2.51. The summed E-state index contributed by atoms with van der Waals surface area (Å²) in [6.07, 6.45) is 7.02. The molecule has 0 aliphatic heterocycles. The van der Waals surface area contributed by atoms with Crippen molar-refractivity contribution in [2.45, 2.75) is 50.4 Å². The van der Waals surface area contributed by atoms with E-state index in [1.165, 1.54) is 17.5 Å². The van der Waals surface area contributed by atoms with Gasteiger partial charge in [0.25, 0.3) is 0 Å². The highest BCUT2D eigenvalue weighted by Gasteiger charge is 2.48. The monoisotopic (exact) mass is 278 g/mol. The summed E-state index contributed by atoms with van der Waals surface area (Å²) in [5.74, 6) is -0.869. The van der Waals surface area contributed by atoms with Crippen molar-refractivity contribution in [1.29, 1.82) is 0 Å². The number of benzene rings is 1. The number of aliphatic carboxylic acids is 1. The molecule has 1 N–H and O–H groups in total. The first-order valence-electron chi connectivity index (χ1n) is 7.16. The van der Waals surface area contributed by atoms with Gasteiger partial charge in [0.1, 0.15) is 0 Å². The number of halogens is 1. The van der Waals surface area contributed by atoms with Crippen LogP contribution >= 0.6 is 11.6 Å². The standard InChI is InChI=1S/C16H19ClO2/c17-14-6-4-5-12-11(14)7-8-13(15(18)19)16(12)9-2-1-3-10-16/h4-6,13H,1-3,7-10H2,(H,18,19). The van der Waals surface area contributed by atoms with Gasteiger partial charge >= 0.3 is 5.97 Å². The molecule has 3 heteroatoms. The van der Waals surface area contributed by atoms with Gasteiger partial charge in [0, 0.05) is 10.4 Å². The molecule has 1 saturated carbocycles. The van der Waals surface area contributed by atoms with Crippen LogP contribution in [0.15, 0.2) is 18.2 Å². The molecule has 1 fully saturated rings. The van der Waals surface area contributed by atoms with E-state index >= 15 is 0 Å². The summed E-state index contributed by atoms with van der Waals surface area (Å²) < 4.78 is 0. The van der Waals surface area contributed by atoms with Gasteiger partial charge in [-0.05, 0) is 42.9 Å². The minimum absolute atomic E-state index is 0.164. The molecule has 0 bridgehead atoms. The van der Waals surface area contributed by atoms with E-state index in [0.29, 0.717) is 0 Å². The maximum absolute atomic E-state index is 11.7. The first-order valence-corrected chi connectivity index (χ1v) is 7.53. The zero-order valence-corrected chi connectivity index (χ0v) is 11.7. The molecule has 0 radical (unpaired) electrons. The van der Waals surface area contributed by atoms with Crippen molar-refractivity contribution in [2.75, 3.05) is 0 Å². The number of carboxylic acid groups (broad SMARTS) is 1. The van der Waals surface area contributed by atoms with E-state index in [9.17, 15) is 9.90 Å². The third-order valence-electron chi connectivity index (χ3n) is 5.05. The Labute approximate surface area is 118 Å². The fraction of sp³-hybridized carbons (Fsp3) is 0.562. The second-order valence-electron chi connectivity index (χ2n) is 5.91. The Bertz CT molecular complexity index is 503. The van der Waals surface area contributed by atoms with Crippen molar-refractivity contribution in [2.24, 2.45) is 5.92 Å². The zero-order chi connectivity index (χ0) is 13.5. The second-order valence-corrected chi connectivity index (χ2v) is 6.32. The highest BCUT2D eigenvalue weighted by atomic mass is 35.5. The molecular weight excluding hydrogens is 260 g/mol. The molecule has 1 atom stereocenters. The maximum atomic E-state index is 11.7. The van der Waals surface area contributed by atoms with Crippen LogP contribution in [0.2, 0.25) is 5.02 Å². The summed E-state index contributed by atoms with van der Waals surface area (Å²) in [4.78, 5) is 11.7. The summed E-state index contributed by atoms with van der Waals surface area (Å²) >= 11 is 6.32. The van der Waals surface area contributed by atoms with E-state index < -0.39 is 5.97 Å². The number of carbonyl (C=O) groups is 1. The SMILES string of the molecule is O=C(O)C1CCc2c(Cl)cccc2C12CCCCC2. The lowest BCUT2D eigenvalue weighted by Gasteiger charge is -2.46. The van der Waals surface area contributed by atoms with Gasteiger partial charge in [0.2, 0.25) is 0 Å². The predicted molar refractivity (Wildman–Crippen MR) is 75.7 cm³/mol. The molecule has 0 amide bonds. The van der Waals surface area contributed by atoms with Gasteiger partial charge in [0.15, 0.2) is 0 Å². The predicted octanol–water partition coefficient (Wildman–Crippen LogP) is 4.19. The second kappa shape index (κ2) is 4.82. The molecule has 2 aliphatic rings. The molecule has 1 aromatic rings. The Balaban J connectivity index is 2.15. The topological polar surface area (TPSA) is 37.3 Å². The summed E-state index contributed by atoms with van der Waals surface area (Å²) in [5.41, 5.74) is 2.25. The van der Waals surface area contributed by atoms with E-state index in [1.54, 1.807) is 0 Å². The summed E-state index contributed by atoms with van der Waals surface area (Å²) in [7, 11) is 0. The molecule has 2 nitrogen and oxygen atoms in total. The van der Waals surface area contributed by atoms with Gasteiger partial charge < -0.3 is 5.11 Å². The number of hydrogen-bond donors (Lipinski definition) is 1. The minimum atomic E-state index is -0.632. The number of rotatable bonds is 1. The number of fused-ring (bicyclic) bond motifs is 2. The van der Waals surface area contributed by atoms with E-state index in [1.807, 2.05) is 12.1 Å². The first-order chi connectivity index (χ1) is 9.15. The lowest BCUT2D eigenvalue weighted by atomic mass is 9.57. The van der Waals surface area contributed by atoms with Gasteiger partial charge in [-0.3, -0.25) is 4.79 Å². The largest absolute Gasteiger partial charge is 0.481 e. The minimum Gasteiger partial charge on any atom is -0.481 e. The van der Waals surface area contributed by atoms with E-state index in [2.05, 4.69) is 6.07 Å². The quantitative estimate of drug-likeness (QED) is 0.836. The fourth-order valence-electron chi connectivity index (χ4n) is 4.19. The van der Waals surface area contributed by atoms with Crippen LogP contribution in [-0.2, 0) is 16.6 Å². The Morgan fingerprint density at radius 1 is 1.26 bits per heavy atom. The highest BCUT2D eigenvalue weighted by molar-refractivity contribution is 6.31. The molecule has 102 valence electrons. The van der Waals surface area contributed by atoms with E-state index in [4.69, 9.17) is 11.6 Å². The van der Waals surface area contributed by atoms with Gasteiger partial charge in [-0.2, -0.15) is 0 Å². The average Bonchev–Trinajstić information content (AvgIpc) is 2.41. The molecular formula is C16H19ClO2. The molecule has 19 heavy (non-hydrogen) atoms. The van der Waals surface area contributed by atoms with Gasteiger partial charge in [0.05, 0.1) is 5.92 Å². The van der Waals surface area contributed by atoms with Crippen LogP contribution in [0.1, 0.15) is 49.7 Å². The Morgan fingerprint density at radius 3 is 2.68 bits per heavy atom. The van der Waals surface area contributed by atoms with Crippen molar-refractivity contribution in [1.82, 2.24) is 0 Å². The van der Waals surface area contributed by atoms with Crippen molar-refractivity contribution < 1.29 is 9.90 Å². The summed E-state index contributed by atoms with van der Waals surface area (Å²) in [6, 6.07) is 6.02. The lowest BCUT2D eigenvalue weighted by molar-refractivity contribution is -0.145. The van der Waals surface area contributed by atoms with Gasteiger partial charge in [-0.1, -0.05) is 43.0 Å². The fourth-order valence-corrected chi connectivity index (χ4v) is 4.46. The molecule has 1 aromatic carbocycles. The Morgan fingerprint density at radius 2 is 2.00 bits per heavy atom. The maximum Gasteiger partial charge on any atom is 0.307 e. The molecule has 0 heterocycles. The Kier molecular flexibility index (Phi) is 3.30. The summed E-state index contributed by atoms with van der Waals surface area (Å²) in [5, 5.41) is 10.4. The zero-order valence-electron chi connectivity index (χ0n) is 11.0. The molecule has 3 rings (SSSR count). The van der Waals surface area contributed by atoms with Gasteiger partial charge in [-0.25, -0.2) is 0 Å². The molecule has 0 saturated heterocycles. The lowest BCUT2D eigenvalue weighted by Crippen LogP contribution is -2.45. The van der Waals surface area contributed by atoms with Crippen molar-refractivity contribution in [3.63, 3.8) is 0 Å². The number of carboxylic acids is 1. The smallest absolute Gasteiger partial charge is 0.307 e. The van der Waals surface area contributed by atoms with E-state index in [0.717, 1.165) is 43.5 Å². The summed E-state index contributed by atoms with van der Waals surface area (Å²) in [6.45, 7) is 0. The Hall–Kier alpha value is -1.02. The third-order valence-corrected chi connectivity index (χ3v) is 5.40. The molecule has 1 spiro atoms. The number of hydrogen-bond acceptors (Lipinski definition) is 1. The van der Waals surface area contributed by atoms with Crippen LogP contribution < -0.4 is 0 Å². The first kappa shape index (κ1) is 13.0.